The Labute approximate surface area is 136 Å². The molecule has 122 valence electrons. The van der Waals surface area contributed by atoms with Crippen LogP contribution < -0.4 is 10.1 Å². The van der Waals surface area contributed by atoms with Gasteiger partial charge in [0.15, 0.2) is 0 Å². The lowest BCUT2D eigenvalue weighted by Gasteiger charge is -2.17. The zero-order valence-electron chi connectivity index (χ0n) is 13.2. The molecule has 1 aromatic heterocycles. The van der Waals surface area contributed by atoms with Crippen molar-refractivity contribution in [2.75, 3.05) is 19.8 Å². The molecular weight excluding hydrogens is 292 g/mol. The molecule has 0 saturated heterocycles. The first-order valence-electron chi connectivity index (χ1n) is 7.78. The third-order valence-electron chi connectivity index (χ3n) is 3.55. The van der Waals surface area contributed by atoms with E-state index in [1.54, 1.807) is 18.3 Å². The molecule has 5 nitrogen and oxygen atoms in total. The van der Waals surface area contributed by atoms with Crippen LogP contribution in [-0.4, -0.2) is 35.8 Å². The van der Waals surface area contributed by atoms with Crippen LogP contribution in [0.5, 0.6) is 5.88 Å². The van der Waals surface area contributed by atoms with Crippen molar-refractivity contribution in [3.8, 4) is 5.88 Å². The average Bonchev–Trinajstić information content (AvgIpc) is 2.60. The number of amides is 1. The third-order valence-corrected chi connectivity index (χ3v) is 3.55. The Hall–Kier alpha value is -2.40. The first-order chi connectivity index (χ1) is 11.3. The molecule has 23 heavy (non-hydrogen) atoms. The van der Waals surface area contributed by atoms with Crippen LogP contribution in [-0.2, 0) is 0 Å². The molecule has 2 rings (SSSR count). The largest absolute Gasteiger partial charge is 0.477 e. The second-order valence-electron chi connectivity index (χ2n) is 5.12. The van der Waals surface area contributed by atoms with Crippen LogP contribution in [0, 0.1) is 0 Å². The molecule has 1 atom stereocenters. The normalized spacial score (nSPS) is 11.7. The number of carbonyl (C=O) groups is 1. The van der Waals surface area contributed by atoms with E-state index in [0.29, 0.717) is 31.0 Å². The smallest absolute Gasteiger partial charge is 0.256 e. The highest BCUT2D eigenvalue weighted by molar-refractivity contribution is 5.96. The summed E-state index contributed by atoms with van der Waals surface area (Å²) in [5, 5.41) is 12.2. The Kier molecular flexibility index (Phi) is 6.56. The van der Waals surface area contributed by atoms with Crippen LogP contribution in [0.25, 0.3) is 0 Å². The van der Waals surface area contributed by atoms with Crippen molar-refractivity contribution in [2.45, 2.75) is 19.3 Å². The number of aliphatic hydroxyl groups excluding tert-OH is 1. The number of carbonyl (C=O) groups excluding carboxylic acids is 1. The summed E-state index contributed by atoms with van der Waals surface area (Å²) in [6.07, 6.45) is 2.19. The topological polar surface area (TPSA) is 71.5 Å². The molecule has 0 spiro atoms. The van der Waals surface area contributed by atoms with E-state index in [1.165, 1.54) is 0 Å². The van der Waals surface area contributed by atoms with Crippen molar-refractivity contribution in [3.05, 3.63) is 59.8 Å². The zero-order chi connectivity index (χ0) is 16.5. The standard InChI is InChI=1S/C18H22N2O3/c1-2-23-18-16(9-6-11-19-18)17(22)20-13-15(10-12-21)14-7-4-3-5-8-14/h3-9,11,15,21H,2,10,12-13H2,1H3,(H,20,22). The molecule has 0 saturated carbocycles. The van der Waals surface area contributed by atoms with Crippen molar-refractivity contribution >= 4 is 5.91 Å². The fraction of sp³-hybridized carbons (Fsp3) is 0.333. The first kappa shape index (κ1) is 17.0. The molecular formula is C18H22N2O3. The summed E-state index contributed by atoms with van der Waals surface area (Å²) in [5.74, 6) is 0.184. The number of pyridine rings is 1. The molecule has 0 radical (unpaired) electrons. The predicted octanol–water partition coefficient (Wildman–Crippen LogP) is 2.38. The second kappa shape index (κ2) is 8.90. The monoisotopic (exact) mass is 314 g/mol. The quantitative estimate of drug-likeness (QED) is 0.785. The van der Waals surface area contributed by atoms with Crippen molar-refractivity contribution < 1.29 is 14.6 Å². The average molecular weight is 314 g/mol. The van der Waals surface area contributed by atoms with Gasteiger partial charge in [0.2, 0.25) is 5.88 Å². The van der Waals surface area contributed by atoms with Gasteiger partial charge >= 0.3 is 0 Å². The Bertz CT molecular complexity index is 617. The van der Waals surface area contributed by atoms with Crippen LogP contribution >= 0.6 is 0 Å². The maximum Gasteiger partial charge on any atom is 0.256 e. The molecule has 0 aliphatic carbocycles. The van der Waals surface area contributed by atoms with Gasteiger partial charge in [-0.05, 0) is 31.0 Å². The van der Waals surface area contributed by atoms with Gasteiger partial charge in [0.1, 0.15) is 5.56 Å². The SMILES string of the molecule is CCOc1ncccc1C(=O)NCC(CCO)c1ccccc1. The first-order valence-corrected chi connectivity index (χ1v) is 7.78. The maximum absolute atomic E-state index is 12.4. The van der Waals surface area contributed by atoms with Crippen molar-refractivity contribution in [1.82, 2.24) is 10.3 Å². The van der Waals surface area contributed by atoms with Gasteiger partial charge in [0.05, 0.1) is 6.61 Å². The molecule has 1 aromatic carbocycles. The van der Waals surface area contributed by atoms with E-state index in [9.17, 15) is 9.90 Å². The summed E-state index contributed by atoms with van der Waals surface area (Å²) in [7, 11) is 0. The number of nitrogens with one attached hydrogen (secondary N) is 1. The highest BCUT2D eigenvalue weighted by Crippen LogP contribution is 2.19. The van der Waals surface area contributed by atoms with Crippen LogP contribution in [0.2, 0.25) is 0 Å². The number of nitrogens with zero attached hydrogens (tertiary/aromatic N) is 1. The van der Waals surface area contributed by atoms with Gasteiger partial charge in [-0.25, -0.2) is 4.98 Å². The Morgan fingerprint density at radius 1 is 1.26 bits per heavy atom. The molecule has 2 N–H and O–H groups in total. The van der Waals surface area contributed by atoms with E-state index in [1.807, 2.05) is 37.3 Å². The molecule has 0 aliphatic rings. The van der Waals surface area contributed by atoms with Crippen molar-refractivity contribution in [2.24, 2.45) is 0 Å². The Morgan fingerprint density at radius 2 is 2.04 bits per heavy atom. The number of hydrogen-bond acceptors (Lipinski definition) is 4. The lowest BCUT2D eigenvalue weighted by Crippen LogP contribution is -2.29. The van der Waals surface area contributed by atoms with E-state index in [0.717, 1.165) is 5.56 Å². The predicted molar refractivity (Wildman–Crippen MR) is 88.6 cm³/mol. The molecule has 0 fully saturated rings. The number of aromatic nitrogens is 1. The summed E-state index contributed by atoms with van der Waals surface area (Å²) in [5.41, 5.74) is 1.52. The van der Waals surface area contributed by atoms with Gasteiger partial charge in [0.25, 0.3) is 5.91 Å². The van der Waals surface area contributed by atoms with Crippen LogP contribution in [0.4, 0.5) is 0 Å². The fourth-order valence-corrected chi connectivity index (χ4v) is 2.39. The molecule has 1 unspecified atom stereocenters. The summed E-state index contributed by atoms with van der Waals surface area (Å²) in [6.45, 7) is 2.83. The summed E-state index contributed by atoms with van der Waals surface area (Å²) in [4.78, 5) is 16.5. The lowest BCUT2D eigenvalue weighted by molar-refractivity contribution is 0.0944. The molecule has 1 amide bonds. The van der Waals surface area contributed by atoms with Gasteiger partial charge in [-0.15, -0.1) is 0 Å². The third kappa shape index (κ3) is 4.79. The summed E-state index contributed by atoms with van der Waals surface area (Å²) < 4.78 is 5.39. The fourth-order valence-electron chi connectivity index (χ4n) is 2.39. The molecule has 1 heterocycles. The van der Waals surface area contributed by atoms with E-state index < -0.39 is 0 Å². The lowest BCUT2D eigenvalue weighted by atomic mass is 9.96. The minimum absolute atomic E-state index is 0.0670. The van der Waals surface area contributed by atoms with E-state index in [2.05, 4.69) is 10.3 Å². The maximum atomic E-state index is 12.4. The van der Waals surface area contributed by atoms with Crippen molar-refractivity contribution in [3.63, 3.8) is 0 Å². The van der Waals surface area contributed by atoms with Crippen LogP contribution in [0.15, 0.2) is 48.7 Å². The molecule has 0 aliphatic heterocycles. The zero-order valence-corrected chi connectivity index (χ0v) is 13.2. The minimum Gasteiger partial charge on any atom is -0.477 e. The Morgan fingerprint density at radius 3 is 2.74 bits per heavy atom. The van der Waals surface area contributed by atoms with E-state index >= 15 is 0 Å². The number of ether oxygens (including phenoxy) is 1. The number of rotatable bonds is 8. The molecule has 0 bridgehead atoms. The number of hydrogen-bond donors (Lipinski definition) is 2. The van der Waals surface area contributed by atoms with E-state index in [-0.39, 0.29) is 18.4 Å². The Balaban J connectivity index is 2.05. The van der Waals surface area contributed by atoms with Crippen LogP contribution in [0.3, 0.4) is 0 Å². The minimum atomic E-state index is -0.222. The summed E-state index contributed by atoms with van der Waals surface area (Å²) >= 11 is 0. The highest BCUT2D eigenvalue weighted by atomic mass is 16.5. The second-order valence-corrected chi connectivity index (χ2v) is 5.12. The molecule has 5 heteroatoms. The van der Waals surface area contributed by atoms with E-state index in [4.69, 9.17) is 4.74 Å². The summed E-state index contributed by atoms with van der Waals surface area (Å²) in [6, 6.07) is 13.3. The van der Waals surface area contributed by atoms with Gasteiger partial charge in [0, 0.05) is 25.3 Å². The van der Waals surface area contributed by atoms with Crippen molar-refractivity contribution in [1.29, 1.82) is 0 Å². The highest BCUT2D eigenvalue weighted by Gasteiger charge is 2.16. The molecule has 2 aromatic rings. The number of aliphatic hydroxyl groups is 1. The van der Waals surface area contributed by atoms with Crippen LogP contribution in [0.1, 0.15) is 35.2 Å². The van der Waals surface area contributed by atoms with Gasteiger partial charge < -0.3 is 15.2 Å². The van der Waals surface area contributed by atoms with Gasteiger partial charge in [-0.3, -0.25) is 4.79 Å². The number of benzene rings is 1. The van der Waals surface area contributed by atoms with Gasteiger partial charge in [-0.1, -0.05) is 30.3 Å². The van der Waals surface area contributed by atoms with Gasteiger partial charge in [-0.2, -0.15) is 0 Å².